The fourth-order valence-electron chi connectivity index (χ4n) is 4.47. The van der Waals surface area contributed by atoms with E-state index in [2.05, 4.69) is 62.1 Å². The van der Waals surface area contributed by atoms with E-state index in [4.69, 9.17) is 16.6 Å². The summed E-state index contributed by atoms with van der Waals surface area (Å²) in [6, 6.07) is 3.08. The number of benzene rings is 1. The highest BCUT2D eigenvalue weighted by Gasteiger charge is 2.28. The summed E-state index contributed by atoms with van der Waals surface area (Å²) in [5.41, 5.74) is 1.86. The van der Waals surface area contributed by atoms with Gasteiger partial charge in [-0.15, -0.1) is 34.0 Å². The van der Waals surface area contributed by atoms with E-state index < -0.39 is 0 Å². The van der Waals surface area contributed by atoms with Gasteiger partial charge in [0, 0.05) is 30.6 Å². The number of imidazole rings is 1. The van der Waals surface area contributed by atoms with Crippen LogP contribution < -0.4 is 16.0 Å². The Morgan fingerprint density at radius 3 is 2.54 bits per heavy atom. The van der Waals surface area contributed by atoms with E-state index in [-0.39, 0.29) is 62.7 Å². The van der Waals surface area contributed by atoms with E-state index in [1.165, 1.54) is 6.07 Å². The highest BCUT2D eigenvalue weighted by molar-refractivity contribution is 8.93. The van der Waals surface area contributed by atoms with Gasteiger partial charge in [-0.05, 0) is 68.2 Å². The predicted molar refractivity (Wildman–Crippen MR) is 164 cm³/mol. The fourth-order valence-corrected chi connectivity index (χ4v) is 4.77. The molecule has 0 saturated carbocycles. The molecule has 3 rings (SSSR count). The largest absolute Gasteiger partial charge is 0.352 e. The van der Waals surface area contributed by atoms with E-state index in [1.54, 1.807) is 6.07 Å². The molecule has 1 amide bonds. The fraction of sp³-hybridized carbons (Fsp3) is 0.630. The van der Waals surface area contributed by atoms with Gasteiger partial charge in [0.25, 0.3) is 0 Å². The first-order valence-corrected chi connectivity index (χ1v) is 13.1. The summed E-state index contributed by atoms with van der Waals surface area (Å²) in [5.74, 6) is 0.953. The van der Waals surface area contributed by atoms with Crippen LogP contribution in [0.25, 0.3) is 0 Å². The van der Waals surface area contributed by atoms with Crippen molar-refractivity contribution >= 4 is 63.2 Å². The first kappa shape index (κ1) is 33.9. The van der Waals surface area contributed by atoms with Crippen LogP contribution in [0.1, 0.15) is 78.4 Å². The standard InChI is InChI=1S/C27H41ClFN5O.2BrH/c1-7-8-9-24(35)32-23-15-34(27(5,6)17-30-16-26(2,3)4)25(33-23)31-20-11-10-18-12-19(29)13-22(28)21(18)14-20;;/h12-13,15,20,30H,7-11,14,16-17H2,1-6H3,(H,31,33)(H,32,35);2*1H/t20-;;/m0../s1. The number of carbonyl (C=O) groups excluding carboxylic acids is 1. The average Bonchev–Trinajstić information content (AvgIpc) is 3.14. The Morgan fingerprint density at radius 1 is 1.19 bits per heavy atom. The van der Waals surface area contributed by atoms with Gasteiger partial charge in [0.05, 0.1) is 11.7 Å². The minimum Gasteiger partial charge on any atom is -0.352 e. The summed E-state index contributed by atoms with van der Waals surface area (Å²) in [7, 11) is 0. The second kappa shape index (κ2) is 14.3. The lowest BCUT2D eigenvalue weighted by Gasteiger charge is -2.32. The Bertz CT molecular complexity index is 1040. The molecule has 0 radical (unpaired) electrons. The molecule has 0 fully saturated rings. The van der Waals surface area contributed by atoms with Crippen LogP contribution in [0.4, 0.5) is 16.2 Å². The van der Waals surface area contributed by atoms with Gasteiger partial charge < -0.3 is 20.5 Å². The molecule has 2 aromatic rings. The predicted octanol–water partition coefficient (Wildman–Crippen LogP) is 7.30. The van der Waals surface area contributed by atoms with E-state index in [9.17, 15) is 9.18 Å². The van der Waals surface area contributed by atoms with Gasteiger partial charge >= 0.3 is 0 Å². The second-order valence-corrected chi connectivity index (χ2v) is 12.0. The number of nitrogens with one attached hydrogen (secondary N) is 3. The second-order valence-electron chi connectivity index (χ2n) is 11.6. The van der Waals surface area contributed by atoms with Crippen molar-refractivity contribution < 1.29 is 9.18 Å². The minimum atomic E-state index is -0.291. The summed E-state index contributed by atoms with van der Waals surface area (Å²) in [6.07, 6.45) is 6.52. The Morgan fingerprint density at radius 2 is 1.89 bits per heavy atom. The number of aromatic nitrogens is 2. The number of anilines is 2. The average molecular weight is 668 g/mol. The van der Waals surface area contributed by atoms with Gasteiger partial charge in [0.1, 0.15) is 5.82 Å². The third kappa shape index (κ3) is 9.83. The highest BCUT2D eigenvalue weighted by atomic mass is 79.9. The van der Waals surface area contributed by atoms with Crippen LogP contribution in [0.15, 0.2) is 18.3 Å². The Hall–Kier alpha value is -1.16. The van der Waals surface area contributed by atoms with Crippen LogP contribution in [0.2, 0.25) is 5.02 Å². The van der Waals surface area contributed by atoms with E-state index in [0.717, 1.165) is 49.9 Å². The van der Waals surface area contributed by atoms with Crippen LogP contribution in [0.5, 0.6) is 0 Å². The molecule has 0 saturated heterocycles. The first-order valence-electron chi connectivity index (χ1n) is 12.7. The Balaban J connectivity index is 0.00000342. The van der Waals surface area contributed by atoms with Crippen LogP contribution in [-0.2, 0) is 23.2 Å². The molecule has 10 heteroatoms. The van der Waals surface area contributed by atoms with Gasteiger partial charge in [-0.3, -0.25) is 4.79 Å². The van der Waals surface area contributed by atoms with Crippen molar-refractivity contribution in [2.45, 2.75) is 91.6 Å². The molecule has 1 atom stereocenters. The van der Waals surface area contributed by atoms with E-state index >= 15 is 0 Å². The van der Waals surface area contributed by atoms with Crippen LogP contribution in [-0.4, -0.2) is 34.6 Å². The molecule has 6 nitrogen and oxygen atoms in total. The zero-order valence-electron chi connectivity index (χ0n) is 22.8. The molecule has 1 heterocycles. The monoisotopic (exact) mass is 665 g/mol. The molecule has 0 aliphatic heterocycles. The molecule has 0 bridgehead atoms. The lowest BCUT2D eigenvalue weighted by atomic mass is 9.88. The molecule has 210 valence electrons. The summed E-state index contributed by atoms with van der Waals surface area (Å²) < 4.78 is 15.9. The molecule has 37 heavy (non-hydrogen) atoms. The molecule has 3 N–H and O–H groups in total. The maximum Gasteiger partial charge on any atom is 0.225 e. The normalized spacial score (nSPS) is 15.3. The number of halogens is 4. The zero-order chi connectivity index (χ0) is 25.8. The van der Waals surface area contributed by atoms with Gasteiger partial charge in [0.15, 0.2) is 5.82 Å². The summed E-state index contributed by atoms with van der Waals surface area (Å²) in [4.78, 5) is 17.1. The van der Waals surface area contributed by atoms with Crippen LogP contribution in [0.3, 0.4) is 0 Å². The molecular formula is C27H43Br2ClFN5O. The number of unbranched alkanes of at least 4 members (excludes halogenated alkanes) is 1. The number of fused-ring (bicyclic) bond motifs is 1. The molecule has 0 spiro atoms. The number of carbonyl (C=O) groups is 1. The van der Waals surface area contributed by atoms with Crippen molar-refractivity contribution in [3.8, 4) is 0 Å². The number of rotatable bonds is 10. The summed E-state index contributed by atoms with van der Waals surface area (Å²) in [5, 5.41) is 10.6. The van der Waals surface area contributed by atoms with Crippen LogP contribution >= 0.6 is 45.6 Å². The third-order valence-electron chi connectivity index (χ3n) is 6.39. The Kier molecular flexibility index (Phi) is 13.1. The molecule has 1 aliphatic carbocycles. The molecule has 1 aromatic carbocycles. The lowest BCUT2D eigenvalue weighted by molar-refractivity contribution is -0.116. The van der Waals surface area contributed by atoms with Crippen LogP contribution in [0, 0.1) is 11.2 Å². The molecule has 1 aromatic heterocycles. The van der Waals surface area contributed by atoms with Gasteiger partial charge in [0.2, 0.25) is 11.9 Å². The van der Waals surface area contributed by atoms with Gasteiger partial charge in [-0.2, -0.15) is 4.98 Å². The summed E-state index contributed by atoms with van der Waals surface area (Å²) >= 11 is 6.37. The maximum atomic E-state index is 13.8. The first-order chi connectivity index (χ1) is 16.4. The molecule has 1 aliphatic rings. The highest BCUT2D eigenvalue weighted by Crippen LogP contribution is 2.32. The van der Waals surface area contributed by atoms with Gasteiger partial charge in [-0.25, -0.2) is 4.39 Å². The number of amides is 1. The molecular weight excluding hydrogens is 625 g/mol. The number of hydrogen-bond acceptors (Lipinski definition) is 4. The van der Waals surface area contributed by atoms with Crippen molar-refractivity contribution in [3.05, 3.63) is 40.3 Å². The quantitative estimate of drug-likeness (QED) is 0.249. The topological polar surface area (TPSA) is 71.0 Å². The minimum absolute atomic E-state index is 0. The molecule has 0 unspecified atom stereocenters. The van der Waals surface area contributed by atoms with Crippen molar-refractivity contribution in [1.29, 1.82) is 0 Å². The zero-order valence-corrected chi connectivity index (χ0v) is 27.0. The van der Waals surface area contributed by atoms with E-state index in [0.29, 0.717) is 29.6 Å². The summed E-state index contributed by atoms with van der Waals surface area (Å²) in [6.45, 7) is 14.7. The lowest BCUT2D eigenvalue weighted by Crippen LogP contribution is -2.42. The smallest absolute Gasteiger partial charge is 0.225 e. The van der Waals surface area contributed by atoms with Crippen molar-refractivity contribution in [2.75, 3.05) is 23.7 Å². The van der Waals surface area contributed by atoms with Crippen molar-refractivity contribution in [2.24, 2.45) is 5.41 Å². The maximum absolute atomic E-state index is 13.8. The Labute approximate surface area is 247 Å². The SMILES string of the molecule is Br.Br.CCCCC(=O)Nc1cn(C(C)(C)CNCC(C)(C)C)c(N[C@H]2CCc3cc(F)cc(Cl)c3C2)n1. The van der Waals surface area contributed by atoms with E-state index in [1.807, 2.05) is 6.20 Å². The third-order valence-corrected chi connectivity index (χ3v) is 6.73. The number of aryl methyl sites for hydroxylation is 1. The number of nitrogens with zero attached hydrogens (tertiary/aromatic N) is 2. The number of hydrogen-bond donors (Lipinski definition) is 3. The van der Waals surface area contributed by atoms with Crippen molar-refractivity contribution in [1.82, 2.24) is 14.9 Å². The van der Waals surface area contributed by atoms with Gasteiger partial charge in [-0.1, -0.05) is 45.7 Å². The van der Waals surface area contributed by atoms with Crippen molar-refractivity contribution in [3.63, 3.8) is 0 Å².